The number of rotatable bonds is 2. The maximum absolute atomic E-state index is 11.5. The summed E-state index contributed by atoms with van der Waals surface area (Å²) in [6.45, 7) is 6.56. The highest BCUT2D eigenvalue weighted by molar-refractivity contribution is 8.00. The second kappa shape index (κ2) is 5.83. The Bertz CT molecular complexity index is 199. The number of carbonyl (C=O) groups excluding carboxylic acids is 1. The molecular weight excluding hydrogens is 220 g/mol. The molecule has 1 fully saturated rings. The van der Waals surface area contributed by atoms with Crippen molar-refractivity contribution in [2.75, 3.05) is 25.4 Å². The lowest BCUT2D eigenvalue weighted by molar-refractivity contribution is -0.131. The van der Waals surface area contributed by atoms with Crippen LogP contribution in [-0.2, 0) is 4.79 Å². The van der Waals surface area contributed by atoms with E-state index in [1.807, 2.05) is 16.7 Å². The van der Waals surface area contributed by atoms with Crippen LogP contribution < -0.4 is 5.73 Å². The first-order valence-corrected chi connectivity index (χ1v) is 5.65. The van der Waals surface area contributed by atoms with Crippen LogP contribution in [-0.4, -0.2) is 40.9 Å². The molecule has 14 heavy (non-hydrogen) atoms. The summed E-state index contributed by atoms with van der Waals surface area (Å²) in [7, 11) is 0. The molecule has 1 saturated heterocycles. The standard InChI is InChI=1S/C9H18N2OS.ClH/c1-9(2)7-11(5-6-13-9)8(12)3-4-10;/h3-7,10H2,1-2H3;1H. The molecule has 0 saturated carbocycles. The molecule has 0 unspecified atom stereocenters. The van der Waals surface area contributed by atoms with Gasteiger partial charge in [-0.3, -0.25) is 4.79 Å². The second-order valence-electron chi connectivity index (χ2n) is 3.96. The van der Waals surface area contributed by atoms with Crippen LogP contribution in [0.15, 0.2) is 0 Å². The van der Waals surface area contributed by atoms with Crippen molar-refractivity contribution in [3.63, 3.8) is 0 Å². The lowest BCUT2D eigenvalue weighted by Gasteiger charge is -2.37. The van der Waals surface area contributed by atoms with E-state index in [1.54, 1.807) is 0 Å². The third-order valence-corrected chi connectivity index (χ3v) is 3.43. The predicted molar refractivity (Wildman–Crippen MR) is 64.0 cm³/mol. The topological polar surface area (TPSA) is 46.3 Å². The number of halogens is 1. The zero-order valence-corrected chi connectivity index (χ0v) is 10.4. The molecule has 1 aliphatic rings. The molecule has 1 aliphatic heterocycles. The van der Waals surface area contributed by atoms with Gasteiger partial charge in [-0.25, -0.2) is 0 Å². The van der Waals surface area contributed by atoms with Crippen molar-refractivity contribution in [3.05, 3.63) is 0 Å². The van der Waals surface area contributed by atoms with Gasteiger partial charge in [0.15, 0.2) is 0 Å². The van der Waals surface area contributed by atoms with Gasteiger partial charge in [0.25, 0.3) is 0 Å². The Balaban J connectivity index is 0.00000169. The van der Waals surface area contributed by atoms with Gasteiger partial charge >= 0.3 is 0 Å². The summed E-state index contributed by atoms with van der Waals surface area (Å²) in [6.07, 6.45) is 0.487. The van der Waals surface area contributed by atoms with Gasteiger partial charge in [-0.2, -0.15) is 11.8 Å². The van der Waals surface area contributed by atoms with Gasteiger partial charge in [-0.15, -0.1) is 12.4 Å². The van der Waals surface area contributed by atoms with Crippen LogP contribution in [0.25, 0.3) is 0 Å². The Kier molecular flexibility index (Phi) is 5.86. The monoisotopic (exact) mass is 238 g/mol. The van der Waals surface area contributed by atoms with E-state index in [0.717, 1.165) is 18.8 Å². The fourth-order valence-corrected chi connectivity index (χ4v) is 2.62. The SMILES string of the molecule is CC1(C)CN(C(=O)CCN)CCS1.Cl. The van der Waals surface area contributed by atoms with E-state index in [9.17, 15) is 4.79 Å². The van der Waals surface area contributed by atoms with E-state index in [4.69, 9.17) is 5.73 Å². The summed E-state index contributed by atoms with van der Waals surface area (Å²) < 4.78 is 0.211. The normalized spacial score (nSPS) is 20.1. The molecule has 2 N–H and O–H groups in total. The minimum atomic E-state index is 0. The van der Waals surface area contributed by atoms with Crippen LogP contribution in [0.5, 0.6) is 0 Å². The number of amides is 1. The quantitative estimate of drug-likeness (QED) is 0.784. The highest BCUT2D eigenvalue weighted by atomic mass is 35.5. The van der Waals surface area contributed by atoms with Gasteiger partial charge in [0.2, 0.25) is 5.91 Å². The number of thioether (sulfide) groups is 1. The molecule has 0 aromatic heterocycles. The summed E-state index contributed by atoms with van der Waals surface area (Å²) in [5.41, 5.74) is 5.35. The molecule has 1 rings (SSSR count). The third-order valence-electron chi connectivity index (χ3n) is 2.14. The van der Waals surface area contributed by atoms with Gasteiger partial charge in [-0.05, 0) is 13.8 Å². The molecule has 5 heteroatoms. The Morgan fingerprint density at radius 3 is 2.71 bits per heavy atom. The minimum absolute atomic E-state index is 0. The predicted octanol–water partition coefficient (Wildman–Crippen LogP) is 1.11. The Hall–Kier alpha value is 0.0700. The van der Waals surface area contributed by atoms with E-state index >= 15 is 0 Å². The van der Waals surface area contributed by atoms with Crippen LogP contribution in [0.3, 0.4) is 0 Å². The maximum atomic E-state index is 11.5. The number of carbonyl (C=O) groups is 1. The summed E-state index contributed by atoms with van der Waals surface area (Å²) in [4.78, 5) is 13.5. The summed E-state index contributed by atoms with van der Waals surface area (Å²) in [5.74, 6) is 1.25. The third kappa shape index (κ3) is 4.07. The van der Waals surface area contributed by atoms with Gasteiger partial charge in [0, 0.05) is 36.6 Å². The van der Waals surface area contributed by atoms with Crippen LogP contribution in [0.2, 0.25) is 0 Å². The zero-order valence-electron chi connectivity index (χ0n) is 8.78. The first kappa shape index (κ1) is 14.1. The molecule has 1 heterocycles. The maximum Gasteiger partial charge on any atom is 0.223 e. The van der Waals surface area contributed by atoms with E-state index in [2.05, 4.69) is 13.8 Å². The van der Waals surface area contributed by atoms with Crippen molar-refractivity contribution in [2.45, 2.75) is 25.0 Å². The number of nitrogens with two attached hydrogens (primary N) is 1. The second-order valence-corrected chi connectivity index (χ2v) is 5.76. The first-order chi connectivity index (χ1) is 6.05. The molecule has 0 spiro atoms. The first-order valence-electron chi connectivity index (χ1n) is 4.67. The van der Waals surface area contributed by atoms with Gasteiger partial charge in [-0.1, -0.05) is 0 Å². The highest BCUT2D eigenvalue weighted by Crippen LogP contribution is 2.29. The van der Waals surface area contributed by atoms with Gasteiger partial charge in [0.05, 0.1) is 0 Å². The lowest BCUT2D eigenvalue weighted by atomic mass is 10.2. The Morgan fingerprint density at radius 1 is 1.57 bits per heavy atom. The fraction of sp³-hybridized carbons (Fsp3) is 0.889. The van der Waals surface area contributed by atoms with Gasteiger partial charge < -0.3 is 10.6 Å². The zero-order chi connectivity index (χ0) is 9.90. The minimum Gasteiger partial charge on any atom is -0.340 e. The molecular formula is C9H19ClN2OS. The molecule has 3 nitrogen and oxygen atoms in total. The van der Waals surface area contributed by atoms with Crippen molar-refractivity contribution in [3.8, 4) is 0 Å². The Morgan fingerprint density at radius 2 is 2.21 bits per heavy atom. The molecule has 0 aromatic rings. The van der Waals surface area contributed by atoms with Crippen molar-refractivity contribution in [2.24, 2.45) is 5.73 Å². The molecule has 0 radical (unpaired) electrons. The van der Waals surface area contributed by atoms with Crippen LogP contribution >= 0.6 is 24.2 Å². The average Bonchev–Trinajstić information content (AvgIpc) is 2.03. The molecule has 0 bridgehead atoms. The van der Waals surface area contributed by atoms with Crippen molar-refractivity contribution in [1.29, 1.82) is 0 Å². The van der Waals surface area contributed by atoms with Crippen LogP contribution in [0, 0.1) is 0 Å². The van der Waals surface area contributed by atoms with E-state index < -0.39 is 0 Å². The number of hydrogen-bond donors (Lipinski definition) is 1. The largest absolute Gasteiger partial charge is 0.340 e. The smallest absolute Gasteiger partial charge is 0.223 e. The van der Waals surface area contributed by atoms with Gasteiger partial charge in [0.1, 0.15) is 0 Å². The highest BCUT2D eigenvalue weighted by Gasteiger charge is 2.28. The molecule has 84 valence electrons. The lowest BCUT2D eigenvalue weighted by Crippen LogP contribution is -2.46. The molecule has 0 aromatic carbocycles. The van der Waals surface area contributed by atoms with Crippen molar-refractivity contribution < 1.29 is 4.79 Å². The summed E-state index contributed by atoms with van der Waals surface area (Å²) >= 11 is 1.93. The average molecular weight is 239 g/mol. The fourth-order valence-electron chi connectivity index (χ4n) is 1.51. The molecule has 0 atom stereocenters. The summed E-state index contributed by atoms with van der Waals surface area (Å²) in [5, 5.41) is 0. The van der Waals surface area contributed by atoms with Crippen LogP contribution in [0.4, 0.5) is 0 Å². The van der Waals surface area contributed by atoms with Crippen LogP contribution in [0.1, 0.15) is 20.3 Å². The van der Waals surface area contributed by atoms with Crippen molar-refractivity contribution >= 4 is 30.1 Å². The molecule has 1 amide bonds. The molecule has 0 aliphatic carbocycles. The Labute approximate surface area is 96.2 Å². The van der Waals surface area contributed by atoms with E-state index in [-0.39, 0.29) is 23.1 Å². The van der Waals surface area contributed by atoms with Crippen molar-refractivity contribution in [1.82, 2.24) is 4.90 Å². The summed E-state index contributed by atoms with van der Waals surface area (Å²) in [6, 6.07) is 0. The van der Waals surface area contributed by atoms with E-state index in [1.165, 1.54) is 0 Å². The van der Waals surface area contributed by atoms with E-state index in [0.29, 0.717) is 13.0 Å². The number of nitrogens with zero attached hydrogens (tertiary/aromatic N) is 1. The number of hydrogen-bond acceptors (Lipinski definition) is 3.